The second-order valence-corrected chi connectivity index (χ2v) is 5.69. The highest BCUT2D eigenvalue weighted by molar-refractivity contribution is 7.25. The largest absolute Gasteiger partial charge is 0.505 e. The molecule has 90 valence electrons. The molecule has 5 heteroatoms. The van der Waals surface area contributed by atoms with Crippen LogP contribution in [0.5, 0.6) is 5.75 Å². The molecule has 3 rings (SSSR count). The molecule has 2 nitrogen and oxygen atoms in total. The van der Waals surface area contributed by atoms with Gasteiger partial charge in [0.1, 0.15) is 0 Å². The van der Waals surface area contributed by atoms with Crippen molar-refractivity contribution < 1.29 is 5.11 Å². The van der Waals surface area contributed by atoms with Crippen LogP contribution in [0.3, 0.4) is 0 Å². The molecular formula is C13H6Cl2O2S. The first-order valence-electron chi connectivity index (χ1n) is 5.12. The minimum Gasteiger partial charge on any atom is -0.505 e. The van der Waals surface area contributed by atoms with Crippen molar-refractivity contribution in [2.75, 3.05) is 0 Å². The van der Waals surface area contributed by atoms with E-state index in [1.165, 1.54) is 17.4 Å². The van der Waals surface area contributed by atoms with E-state index in [4.69, 9.17) is 23.2 Å². The van der Waals surface area contributed by atoms with Crippen molar-refractivity contribution in [3.05, 3.63) is 50.6 Å². The van der Waals surface area contributed by atoms with E-state index in [9.17, 15) is 9.90 Å². The van der Waals surface area contributed by atoms with Gasteiger partial charge in [0.25, 0.3) is 0 Å². The summed E-state index contributed by atoms with van der Waals surface area (Å²) in [5.74, 6) is -0.0936. The van der Waals surface area contributed by atoms with Gasteiger partial charge in [-0.15, -0.1) is 11.3 Å². The molecule has 1 heterocycles. The third-order valence-corrected chi connectivity index (χ3v) is 4.50. The zero-order valence-corrected chi connectivity index (χ0v) is 11.2. The molecule has 0 saturated heterocycles. The van der Waals surface area contributed by atoms with E-state index in [0.29, 0.717) is 15.5 Å². The summed E-state index contributed by atoms with van der Waals surface area (Å²) >= 11 is 13.2. The average molecular weight is 297 g/mol. The van der Waals surface area contributed by atoms with Crippen LogP contribution < -0.4 is 5.43 Å². The summed E-state index contributed by atoms with van der Waals surface area (Å²) in [7, 11) is 0. The maximum atomic E-state index is 12.3. The van der Waals surface area contributed by atoms with Crippen LogP contribution in [0.4, 0.5) is 0 Å². The van der Waals surface area contributed by atoms with Gasteiger partial charge in [-0.05, 0) is 18.2 Å². The topological polar surface area (TPSA) is 37.3 Å². The molecule has 3 aromatic rings. The summed E-state index contributed by atoms with van der Waals surface area (Å²) in [6.45, 7) is 0. The maximum Gasteiger partial charge on any atom is 0.197 e. The minimum atomic E-state index is -0.184. The standard InChI is InChI=1S/C13H6Cl2O2S/c14-7-5-8(15)12(17)13-10(7)11(16)6-3-1-2-4-9(6)18-13/h1-5,17H. The van der Waals surface area contributed by atoms with Gasteiger partial charge in [-0.25, -0.2) is 0 Å². The van der Waals surface area contributed by atoms with Crippen LogP contribution in [0.1, 0.15) is 0 Å². The minimum absolute atomic E-state index is 0.0936. The Balaban J connectivity index is 2.69. The lowest BCUT2D eigenvalue weighted by Gasteiger charge is -2.06. The SMILES string of the molecule is O=c1c2ccccc2sc2c(O)c(Cl)cc(Cl)c12. The maximum absolute atomic E-state index is 12.3. The molecule has 0 aliphatic heterocycles. The Hall–Kier alpha value is -1.29. The number of rotatable bonds is 0. The normalized spacial score (nSPS) is 11.2. The Morgan fingerprint density at radius 2 is 1.83 bits per heavy atom. The quantitative estimate of drug-likeness (QED) is 0.623. The summed E-state index contributed by atoms with van der Waals surface area (Å²) in [6, 6.07) is 8.60. The number of halogens is 2. The van der Waals surface area contributed by atoms with E-state index >= 15 is 0 Å². The van der Waals surface area contributed by atoms with Crippen molar-refractivity contribution in [1.82, 2.24) is 0 Å². The van der Waals surface area contributed by atoms with Crippen LogP contribution in [-0.2, 0) is 0 Å². The zero-order valence-electron chi connectivity index (χ0n) is 8.91. The third-order valence-electron chi connectivity index (χ3n) is 2.73. The van der Waals surface area contributed by atoms with Gasteiger partial charge in [0.2, 0.25) is 0 Å². The Morgan fingerprint density at radius 3 is 2.61 bits per heavy atom. The van der Waals surface area contributed by atoms with E-state index in [2.05, 4.69) is 0 Å². The highest BCUT2D eigenvalue weighted by atomic mass is 35.5. The Bertz CT molecular complexity index is 840. The Labute approximate surface area is 116 Å². The lowest BCUT2D eigenvalue weighted by atomic mass is 10.2. The van der Waals surface area contributed by atoms with Crippen LogP contribution in [-0.4, -0.2) is 5.11 Å². The Kier molecular flexibility index (Phi) is 2.70. The molecule has 1 N–H and O–H groups in total. The highest BCUT2D eigenvalue weighted by Crippen LogP contribution is 2.39. The van der Waals surface area contributed by atoms with Gasteiger partial charge in [-0.3, -0.25) is 4.79 Å². The van der Waals surface area contributed by atoms with Crippen molar-refractivity contribution in [1.29, 1.82) is 0 Å². The summed E-state index contributed by atoms with van der Waals surface area (Å²) in [5.41, 5.74) is -0.184. The van der Waals surface area contributed by atoms with Gasteiger partial charge in [0.15, 0.2) is 11.2 Å². The monoisotopic (exact) mass is 296 g/mol. The van der Waals surface area contributed by atoms with Gasteiger partial charge < -0.3 is 5.11 Å². The van der Waals surface area contributed by atoms with Crippen molar-refractivity contribution in [2.45, 2.75) is 0 Å². The van der Waals surface area contributed by atoms with Crippen molar-refractivity contribution in [3.8, 4) is 5.75 Å². The number of phenols is 1. The lowest BCUT2D eigenvalue weighted by molar-refractivity contribution is 0.483. The van der Waals surface area contributed by atoms with E-state index < -0.39 is 0 Å². The fourth-order valence-electron chi connectivity index (χ4n) is 1.89. The van der Waals surface area contributed by atoms with E-state index in [0.717, 1.165) is 4.70 Å². The Morgan fingerprint density at radius 1 is 1.11 bits per heavy atom. The number of aromatic hydroxyl groups is 1. The first-order chi connectivity index (χ1) is 8.59. The average Bonchev–Trinajstić information content (AvgIpc) is 2.36. The molecule has 0 spiro atoms. The first-order valence-corrected chi connectivity index (χ1v) is 6.69. The molecule has 0 bridgehead atoms. The smallest absolute Gasteiger partial charge is 0.197 e. The molecule has 0 saturated carbocycles. The molecule has 0 aliphatic rings. The lowest BCUT2D eigenvalue weighted by Crippen LogP contribution is -2.01. The molecule has 0 aliphatic carbocycles. The van der Waals surface area contributed by atoms with Crippen LogP contribution in [0, 0.1) is 0 Å². The molecule has 0 amide bonds. The first kappa shape index (κ1) is 11.8. The van der Waals surface area contributed by atoms with Crippen LogP contribution >= 0.6 is 34.5 Å². The van der Waals surface area contributed by atoms with Crippen LogP contribution in [0.2, 0.25) is 10.0 Å². The molecule has 0 radical (unpaired) electrons. The second kappa shape index (κ2) is 4.12. The van der Waals surface area contributed by atoms with Crippen molar-refractivity contribution >= 4 is 54.7 Å². The van der Waals surface area contributed by atoms with E-state index in [1.54, 1.807) is 12.1 Å². The van der Waals surface area contributed by atoms with E-state index in [-0.39, 0.29) is 21.2 Å². The third kappa shape index (κ3) is 1.59. The predicted octanol–water partition coefficient (Wildman–Crippen LogP) is 4.43. The van der Waals surface area contributed by atoms with Crippen LogP contribution in [0.25, 0.3) is 20.2 Å². The molecule has 0 atom stereocenters. The van der Waals surface area contributed by atoms with Crippen molar-refractivity contribution in [2.24, 2.45) is 0 Å². The van der Waals surface area contributed by atoms with Gasteiger partial charge >= 0.3 is 0 Å². The summed E-state index contributed by atoms with van der Waals surface area (Å²) in [5, 5.41) is 11.3. The second-order valence-electron chi connectivity index (χ2n) is 3.82. The van der Waals surface area contributed by atoms with Gasteiger partial charge in [-0.2, -0.15) is 0 Å². The molecule has 1 aromatic heterocycles. The number of benzene rings is 2. The van der Waals surface area contributed by atoms with Crippen LogP contribution in [0.15, 0.2) is 35.1 Å². The molecule has 18 heavy (non-hydrogen) atoms. The van der Waals surface area contributed by atoms with E-state index in [1.807, 2.05) is 12.1 Å². The summed E-state index contributed by atoms with van der Waals surface area (Å²) in [4.78, 5) is 12.3. The number of hydrogen-bond acceptors (Lipinski definition) is 3. The fourth-order valence-corrected chi connectivity index (χ4v) is 3.70. The zero-order chi connectivity index (χ0) is 12.9. The van der Waals surface area contributed by atoms with Gasteiger partial charge in [0, 0.05) is 10.1 Å². The van der Waals surface area contributed by atoms with Crippen molar-refractivity contribution in [3.63, 3.8) is 0 Å². The molecule has 0 unspecified atom stereocenters. The fraction of sp³-hybridized carbons (Fsp3) is 0. The van der Waals surface area contributed by atoms with Gasteiger partial charge in [0.05, 0.1) is 20.1 Å². The summed E-state index contributed by atoms with van der Waals surface area (Å²) < 4.78 is 1.22. The predicted molar refractivity (Wildman–Crippen MR) is 77.3 cm³/mol. The number of hydrogen-bond donors (Lipinski definition) is 1. The summed E-state index contributed by atoms with van der Waals surface area (Å²) in [6.07, 6.45) is 0. The molecular weight excluding hydrogens is 291 g/mol. The number of fused-ring (bicyclic) bond motifs is 2. The number of phenolic OH excluding ortho intramolecular Hbond substituents is 1. The molecule has 0 fully saturated rings. The van der Waals surface area contributed by atoms with Gasteiger partial charge in [-0.1, -0.05) is 35.3 Å². The molecule has 2 aromatic carbocycles. The highest BCUT2D eigenvalue weighted by Gasteiger charge is 2.15.